The normalized spacial score (nSPS) is 15.0. The lowest BCUT2D eigenvalue weighted by molar-refractivity contribution is 0.681. The average Bonchev–Trinajstić information content (AvgIpc) is 2.09. The zero-order chi connectivity index (χ0) is 9.90. The van der Waals surface area contributed by atoms with E-state index in [1.165, 1.54) is 0 Å². The Morgan fingerprint density at radius 3 is 2.92 bits per heavy atom. The van der Waals surface area contributed by atoms with Crippen molar-refractivity contribution >= 4 is 27.1 Å². The molecule has 0 aliphatic rings. The van der Waals surface area contributed by atoms with Gasteiger partial charge in [-0.3, -0.25) is 0 Å². The molecule has 0 N–H and O–H groups in total. The number of hydrogen-bond donors (Lipinski definition) is 0. The van der Waals surface area contributed by atoms with Crippen molar-refractivity contribution in [2.45, 2.75) is 6.92 Å². The number of rotatable bonds is 2. The number of aromatic nitrogens is 1. The molecular formula is C8H11ClN2OS. The molecule has 0 aliphatic carbocycles. The van der Waals surface area contributed by atoms with E-state index in [0.717, 1.165) is 0 Å². The van der Waals surface area contributed by atoms with Gasteiger partial charge in [-0.25, -0.2) is 9.19 Å². The third-order valence-electron chi connectivity index (χ3n) is 1.55. The molecule has 0 amide bonds. The zero-order valence-electron chi connectivity index (χ0n) is 7.53. The predicted molar refractivity (Wildman–Crippen MR) is 55.9 cm³/mol. The van der Waals surface area contributed by atoms with Gasteiger partial charge in [-0.1, -0.05) is 18.5 Å². The van der Waals surface area contributed by atoms with E-state index in [-0.39, 0.29) is 0 Å². The highest BCUT2D eigenvalue weighted by molar-refractivity contribution is 7.93. The molecule has 0 aromatic carbocycles. The van der Waals surface area contributed by atoms with E-state index < -0.39 is 9.73 Å². The average molecular weight is 219 g/mol. The summed E-state index contributed by atoms with van der Waals surface area (Å²) in [6.07, 6.45) is 3.17. The van der Waals surface area contributed by atoms with Gasteiger partial charge in [-0.15, -0.1) is 0 Å². The molecule has 1 aromatic heterocycles. The van der Waals surface area contributed by atoms with Crippen molar-refractivity contribution in [3.63, 3.8) is 0 Å². The molecule has 0 radical (unpaired) electrons. The Kier molecular flexibility index (Phi) is 3.27. The van der Waals surface area contributed by atoms with Crippen molar-refractivity contribution in [1.29, 1.82) is 0 Å². The zero-order valence-corrected chi connectivity index (χ0v) is 9.10. The molecule has 0 bridgehead atoms. The monoisotopic (exact) mass is 218 g/mol. The van der Waals surface area contributed by atoms with Crippen molar-refractivity contribution < 1.29 is 4.21 Å². The van der Waals surface area contributed by atoms with Crippen LogP contribution in [0, 0.1) is 0 Å². The Labute approximate surface area is 83.3 Å². The number of nitrogens with zero attached hydrogens (tertiary/aromatic N) is 2. The molecule has 0 saturated carbocycles. The van der Waals surface area contributed by atoms with Gasteiger partial charge < -0.3 is 0 Å². The lowest BCUT2D eigenvalue weighted by Crippen LogP contribution is -1.98. The second-order valence-corrected chi connectivity index (χ2v) is 5.73. The molecule has 0 spiro atoms. The Morgan fingerprint density at radius 2 is 2.38 bits per heavy atom. The Bertz CT molecular complexity index is 410. The van der Waals surface area contributed by atoms with Crippen LogP contribution in [0.4, 0.5) is 5.82 Å². The smallest absolute Gasteiger partial charge is 0.180 e. The minimum absolute atomic E-state index is 0.360. The molecule has 1 rings (SSSR count). The van der Waals surface area contributed by atoms with Crippen LogP contribution in [0.25, 0.3) is 0 Å². The molecule has 1 heterocycles. The fourth-order valence-corrected chi connectivity index (χ4v) is 1.55. The first-order chi connectivity index (χ1) is 6.05. The molecule has 0 fully saturated rings. The largest absolute Gasteiger partial charge is 0.250 e. The molecule has 72 valence electrons. The Balaban J connectivity index is 3.19. The number of hydrogen-bond acceptors (Lipinski definition) is 3. The van der Waals surface area contributed by atoms with Gasteiger partial charge in [0.05, 0.1) is 14.8 Å². The summed E-state index contributed by atoms with van der Waals surface area (Å²) >= 11 is 5.81. The highest BCUT2D eigenvalue weighted by Gasteiger charge is 2.02. The summed E-state index contributed by atoms with van der Waals surface area (Å²) in [7, 11) is -2.17. The van der Waals surface area contributed by atoms with Gasteiger partial charge in [0.2, 0.25) is 0 Å². The molecule has 0 saturated heterocycles. The van der Waals surface area contributed by atoms with E-state index >= 15 is 0 Å². The van der Waals surface area contributed by atoms with Crippen LogP contribution in [0.1, 0.15) is 6.92 Å². The molecule has 3 nitrogen and oxygen atoms in total. The molecular weight excluding hydrogens is 208 g/mol. The Morgan fingerprint density at radius 1 is 1.69 bits per heavy atom. The minimum atomic E-state index is -2.17. The predicted octanol–water partition coefficient (Wildman–Crippen LogP) is 2.48. The van der Waals surface area contributed by atoms with Gasteiger partial charge in [0.1, 0.15) is 0 Å². The van der Waals surface area contributed by atoms with Gasteiger partial charge in [0.25, 0.3) is 0 Å². The second kappa shape index (κ2) is 4.07. The van der Waals surface area contributed by atoms with Gasteiger partial charge in [0.15, 0.2) is 5.82 Å². The molecule has 1 atom stereocenters. The first kappa shape index (κ1) is 10.5. The summed E-state index contributed by atoms with van der Waals surface area (Å²) in [6.45, 7) is 1.82. The van der Waals surface area contributed by atoms with Crippen LogP contribution in [0.15, 0.2) is 22.7 Å². The SMILES string of the molecule is CC[S@@](C)(=O)=Nc1ncccc1Cl. The first-order valence-electron chi connectivity index (χ1n) is 3.85. The van der Waals surface area contributed by atoms with Gasteiger partial charge in [0, 0.05) is 18.2 Å². The highest BCUT2D eigenvalue weighted by atomic mass is 35.5. The summed E-state index contributed by atoms with van der Waals surface area (Å²) in [4.78, 5) is 3.93. The van der Waals surface area contributed by atoms with E-state index in [1.54, 1.807) is 24.6 Å². The van der Waals surface area contributed by atoms with Gasteiger partial charge in [-0.2, -0.15) is 4.36 Å². The standard InChI is InChI=1S/C8H11ClN2OS/c1-3-13(2,12)11-8-7(9)5-4-6-10-8/h4-6H,3H2,1-2H3/t13-/m1/s1. The van der Waals surface area contributed by atoms with Crippen LogP contribution < -0.4 is 0 Å². The molecule has 13 heavy (non-hydrogen) atoms. The van der Waals surface area contributed by atoms with E-state index in [0.29, 0.717) is 16.6 Å². The van der Waals surface area contributed by atoms with Crippen LogP contribution in [-0.2, 0) is 9.73 Å². The maximum absolute atomic E-state index is 11.6. The van der Waals surface area contributed by atoms with Crippen molar-refractivity contribution in [2.24, 2.45) is 4.36 Å². The van der Waals surface area contributed by atoms with Crippen LogP contribution in [0.5, 0.6) is 0 Å². The maximum atomic E-state index is 11.6. The van der Waals surface area contributed by atoms with Crippen molar-refractivity contribution in [1.82, 2.24) is 4.98 Å². The van der Waals surface area contributed by atoms with E-state index in [4.69, 9.17) is 11.6 Å². The summed E-state index contributed by atoms with van der Waals surface area (Å²) in [5.74, 6) is 0.860. The van der Waals surface area contributed by atoms with Crippen molar-refractivity contribution in [3.8, 4) is 0 Å². The second-order valence-electron chi connectivity index (χ2n) is 2.65. The van der Waals surface area contributed by atoms with Crippen LogP contribution in [0.3, 0.4) is 0 Å². The lowest BCUT2D eigenvalue weighted by atomic mass is 10.5. The summed E-state index contributed by atoms with van der Waals surface area (Å²) in [5, 5.41) is 0.436. The summed E-state index contributed by atoms with van der Waals surface area (Å²) in [5.41, 5.74) is 0. The summed E-state index contributed by atoms with van der Waals surface area (Å²) in [6, 6.07) is 3.39. The van der Waals surface area contributed by atoms with E-state index in [9.17, 15) is 4.21 Å². The van der Waals surface area contributed by atoms with Crippen LogP contribution in [-0.4, -0.2) is 21.2 Å². The van der Waals surface area contributed by atoms with E-state index in [2.05, 4.69) is 9.35 Å². The fourth-order valence-electron chi connectivity index (χ4n) is 0.692. The minimum Gasteiger partial charge on any atom is -0.250 e. The molecule has 0 unspecified atom stereocenters. The lowest BCUT2D eigenvalue weighted by Gasteiger charge is -2.00. The topological polar surface area (TPSA) is 42.3 Å². The quantitative estimate of drug-likeness (QED) is 0.766. The van der Waals surface area contributed by atoms with Gasteiger partial charge >= 0.3 is 0 Å². The maximum Gasteiger partial charge on any atom is 0.180 e. The molecule has 0 aliphatic heterocycles. The fraction of sp³-hybridized carbons (Fsp3) is 0.375. The number of pyridine rings is 1. The third kappa shape index (κ3) is 2.97. The van der Waals surface area contributed by atoms with Crippen molar-refractivity contribution in [2.75, 3.05) is 12.0 Å². The molecule has 1 aromatic rings. The van der Waals surface area contributed by atoms with E-state index in [1.807, 2.05) is 6.92 Å². The highest BCUT2D eigenvalue weighted by Crippen LogP contribution is 2.21. The third-order valence-corrected chi connectivity index (χ3v) is 3.48. The van der Waals surface area contributed by atoms with Crippen molar-refractivity contribution in [3.05, 3.63) is 23.4 Å². The Hall–Kier alpha value is -0.610. The van der Waals surface area contributed by atoms with Crippen LogP contribution in [0.2, 0.25) is 5.02 Å². The van der Waals surface area contributed by atoms with Crippen LogP contribution >= 0.6 is 11.6 Å². The summed E-state index contributed by atoms with van der Waals surface area (Å²) < 4.78 is 15.6. The van der Waals surface area contributed by atoms with Gasteiger partial charge in [-0.05, 0) is 12.1 Å². The number of halogens is 1. The molecule has 5 heteroatoms. The first-order valence-corrected chi connectivity index (χ1v) is 6.32.